The van der Waals surface area contributed by atoms with Crippen LogP contribution in [0.2, 0.25) is 0 Å². The van der Waals surface area contributed by atoms with Gasteiger partial charge in [-0.25, -0.2) is 4.79 Å². The molecule has 7 nitrogen and oxygen atoms in total. The summed E-state index contributed by atoms with van der Waals surface area (Å²) >= 11 is 0. The minimum atomic E-state index is -0.839. The SMILES string of the molecule is C=CC(=O)OCC(O)COCCCCOCC(O)COC. The van der Waals surface area contributed by atoms with E-state index >= 15 is 0 Å². The Bertz CT molecular complexity index is 270. The molecule has 0 bridgehead atoms. The first-order valence-corrected chi connectivity index (χ1v) is 6.89. The number of methoxy groups -OCH3 is 1. The first kappa shape index (κ1) is 20.0. The molecule has 7 heteroatoms. The van der Waals surface area contributed by atoms with Crippen molar-refractivity contribution in [2.24, 2.45) is 0 Å². The van der Waals surface area contributed by atoms with E-state index in [1.807, 2.05) is 0 Å². The maximum Gasteiger partial charge on any atom is 0.330 e. The number of esters is 1. The Morgan fingerprint density at radius 3 is 2.05 bits per heavy atom. The van der Waals surface area contributed by atoms with Gasteiger partial charge in [0.05, 0.1) is 19.8 Å². The number of hydrogen-bond acceptors (Lipinski definition) is 7. The highest BCUT2D eigenvalue weighted by molar-refractivity contribution is 5.81. The molecule has 0 radical (unpaired) electrons. The molecular formula is C14H26O7. The lowest BCUT2D eigenvalue weighted by Crippen LogP contribution is -2.23. The summed E-state index contributed by atoms with van der Waals surface area (Å²) in [6.45, 7) is 4.78. The van der Waals surface area contributed by atoms with Gasteiger partial charge in [0.25, 0.3) is 0 Å². The van der Waals surface area contributed by atoms with E-state index in [4.69, 9.17) is 14.2 Å². The van der Waals surface area contributed by atoms with Crippen LogP contribution < -0.4 is 0 Å². The maximum atomic E-state index is 10.8. The third-order valence-corrected chi connectivity index (χ3v) is 2.39. The van der Waals surface area contributed by atoms with Crippen LogP contribution in [-0.2, 0) is 23.7 Å². The Morgan fingerprint density at radius 2 is 1.57 bits per heavy atom. The van der Waals surface area contributed by atoms with Crippen LogP contribution in [0.3, 0.4) is 0 Å². The molecule has 0 fully saturated rings. The van der Waals surface area contributed by atoms with Crippen molar-refractivity contribution in [3.63, 3.8) is 0 Å². The van der Waals surface area contributed by atoms with Gasteiger partial charge in [-0.05, 0) is 12.8 Å². The average Bonchev–Trinajstić information content (AvgIpc) is 2.47. The lowest BCUT2D eigenvalue weighted by atomic mass is 10.3. The summed E-state index contributed by atoms with van der Waals surface area (Å²) in [6.07, 6.45) is 1.17. The Hall–Kier alpha value is -0.990. The van der Waals surface area contributed by atoms with Crippen molar-refractivity contribution < 1.29 is 34.0 Å². The van der Waals surface area contributed by atoms with E-state index in [-0.39, 0.29) is 26.4 Å². The van der Waals surface area contributed by atoms with E-state index in [2.05, 4.69) is 11.3 Å². The van der Waals surface area contributed by atoms with E-state index in [1.165, 1.54) is 7.11 Å². The minimum absolute atomic E-state index is 0.106. The van der Waals surface area contributed by atoms with Gasteiger partial charge in [-0.2, -0.15) is 0 Å². The molecule has 124 valence electrons. The van der Waals surface area contributed by atoms with E-state index in [9.17, 15) is 15.0 Å². The number of carbonyl (C=O) groups is 1. The number of ether oxygens (including phenoxy) is 4. The second-order valence-corrected chi connectivity index (χ2v) is 4.45. The van der Waals surface area contributed by atoms with E-state index in [0.29, 0.717) is 13.2 Å². The Balaban J connectivity index is 3.28. The topological polar surface area (TPSA) is 94.5 Å². The molecule has 0 heterocycles. The quantitative estimate of drug-likeness (QED) is 0.263. The predicted molar refractivity (Wildman–Crippen MR) is 75.9 cm³/mol. The van der Waals surface area contributed by atoms with Gasteiger partial charge in [-0.1, -0.05) is 6.58 Å². The minimum Gasteiger partial charge on any atom is -0.460 e. The fourth-order valence-electron chi connectivity index (χ4n) is 1.37. The van der Waals surface area contributed by atoms with Gasteiger partial charge >= 0.3 is 5.97 Å². The van der Waals surface area contributed by atoms with E-state index < -0.39 is 18.2 Å². The first-order valence-electron chi connectivity index (χ1n) is 6.89. The number of aliphatic hydroxyl groups excluding tert-OH is 2. The van der Waals surface area contributed by atoms with Crippen LogP contribution in [0, 0.1) is 0 Å². The van der Waals surface area contributed by atoms with Crippen LogP contribution in [0.15, 0.2) is 12.7 Å². The van der Waals surface area contributed by atoms with Crippen molar-refractivity contribution in [2.75, 3.05) is 46.8 Å². The van der Waals surface area contributed by atoms with Crippen LogP contribution in [0.1, 0.15) is 12.8 Å². The molecule has 0 aliphatic rings. The van der Waals surface area contributed by atoms with Gasteiger partial charge in [0.15, 0.2) is 0 Å². The molecule has 0 aromatic rings. The molecule has 0 spiro atoms. The van der Waals surface area contributed by atoms with Crippen molar-refractivity contribution in [1.29, 1.82) is 0 Å². The maximum absolute atomic E-state index is 10.8. The predicted octanol–water partition coefficient (Wildman–Crippen LogP) is -0.103. The first-order chi connectivity index (χ1) is 10.1. The van der Waals surface area contributed by atoms with Crippen LogP contribution in [0.25, 0.3) is 0 Å². The molecule has 21 heavy (non-hydrogen) atoms. The Labute approximate surface area is 125 Å². The smallest absolute Gasteiger partial charge is 0.330 e. The normalized spacial score (nSPS) is 13.7. The van der Waals surface area contributed by atoms with Crippen molar-refractivity contribution in [1.82, 2.24) is 0 Å². The zero-order valence-corrected chi connectivity index (χ0v) is 12.5. The summed E-state index contributed by atoms with van der Waals surface area (Å²) in [7, 11) is 1.52. The molecule has 0 aromatic heterocycles. The third-order valence-electron chi connectivity index (χ3n) is 2.39. The molecule has 0 aromatic carbocycles. The molecule has 2 atom stereocenters. The summed E-state index contributed by atoms with van der Waals surface area (Å²) in [5.41, 5.74) is 0. The van der Waals surface area contributed by atoms with Gasteiger partial charge < -0.3 is 29.2 Å². The monoisotopic (exact) mass is 306 g/mol. The van der Waals surface area contributed by atoms with Crippen LogP contribution in [-0.4, -0.2) is 75.1 Å². The van der Waals surface area contributed by atoms with Crippen molar-refractivity contribution in [2.45, 2.75) is 25.0 Å². The number of unbranched alkanes of at least 4 members (excludes halogenated alkanes) is 1. The molecule has 0 amide bonds. The Kier molecular flexibility index (Phi) is 13.3. The van der Waals surface area contributed by atoms with Crippen LogP contribution in [0.4, 0.5) is 0 Å². The fourth-order valence-corrected chi connectivity index (χ4v) is 1.37. The summed E-state index contributed by atoms with van der Waals surface area (Å²) in [4.78, 5) is 10.8. The number of aliphatic hydroxyl groups is 2. The number of hydrogen-bond donors (Lipinski definition) is 2. The standard InChI is InChI=1S/C14H26O7/c1-3-14(17)21-11-13(16)10-20-7-5-4-6-19-9-12(15)8-18-2/h3,12-13,15-16H,1,4-11H2,2H3. The van der Waals surface area contributed by atoms with E-state index in [0.717, 1.165) is 18.9 Å². The summed E-state index contributed by atoms with van der Waals surface area (Å²) < 4.78 is 19.9. The van der Waals surface area contributed by atoms with Gasteiger partial charge in [-0.15, -0.1) is 0 Å². The van der Waals surface area contributed by atoms with Gasteiger partial charge in [0.1, 0.15) is 18.8 Å². The fraction of sp³-hybridized carbons (Fsp3) is 0.786. The average molecular weight is 306 g/mol. The highest BCUT2D eigenvalue weighted by Gasteiger charge is 2.07. The molecule has 0 saturated heterocycles. The lowest BCUT2D eigenvalue weighted by Gasteiger charge is -2.11. The van der Waals surface area contributed by atoms with Crippen LogP contribution in [0.5, 0.6) is 0 Å². The summed E-state index contributed by atoms with van der Waals surface area (Å²) in [6, 6.07) is 0. The zero-order valence-electron chi connectivity index (χ0n) is 12.5. The highest BCUT2D eigenvalue weighted by atomic mass is 16.5. The van der Waals surface area contributed by atoms with Gasteiger partial charge in [0, 0.05) is 26.4 Å². The van der Waals surface area contributed by atoms with E-state index in [1.54, 1.807) is 0 Å². The molecule has 2 N–H and O–H groups in total. The van der Waals surface area contributed by atoms with Gasteiger partial charge in [0.2, 0.25) is 0 Å². The molecule has 0 aliphatic heterocycles. The number of carbonyl (C=O) groups excluding carboxylic acids is 1. The molecular weight excluding hydrogens is 280 g/mol. The van der Waals surface area contributed by atoms with Crippen LogP contribution >= 0.6 is 0 Å². The highest BCUT2D eigenvalue weighted by Crippen LogP contribution is 1.95. The third kappa shape index (κ3) is 13.7. The van der Waals surface area contributed by atoms with Crippen molar-refractivity contribution >= 4 is 5.97 Å². The summed E-state index contributed by atoms with van der Waals surface area (Å²) in [5.74, 6) is -0.568. The van der Waals surface area contributed by atoms with Crippen molar-refractivity contribution in [3.05, 3.63) is 12.7 Å². The largest absolute Gasteiger partial charge is 0.460 e. The van der Waals surface area contributed by atoms with Crippen molar-refractivity contribution in [3.8, 4) is 0 Å². The second kappa shape index (κ2) is 14.0. The molecule has 0 rings (SSSR count). The molecule has 2 unspecified atom stereocenters. The molecule has 0 saturated carbocycles. The lowest BCUT2D eigenvalue weighted by molar-refractivity contribution is -0.141. The molecule has 0 aliphatic carbocycles. The zero-order chi connectivity index (χ0) is 15.9. The Morgan fingerprint density at radius 1 is 1.05 bits per heavy atom. The number of rotatable bonds is 14. The van der Waals surface area contributed by atoms with Gasteiger partial charge in [-0.3, -0.25) is 0 Å². The summed E-state index contributed by atoms with van der Waals surface area (Å²) in [5, 5.41) is 18.8. The second-order valence-electron chi connectivity index (χ2n) is 4.45.